The first-order valence-electron chi connectivity index (χ1n) is 7.23. The zero-order valence-electron chi connectivity index (χ0n) is 13.2. The van der Waals surface area contributed by atoms with E-state index in [9.17, 15) is 31.1 Å². The number of rotatable bonds is 2. The summed E-state index contributed by atoms with van der Waals surface area (Å²) in [5.74, 6) is -4.35. The van der Waals surface area contributed by atoms with Crippen LogP contribution in [0.5, 0.6) is 6.01 Å². The SMILES string of the molecule is COc1nc(=S)n(C2CC(C(F)(F)F)CC(C(F)(F)F)C2)c(=O)n1C. The molecule has 2 rings (SSSR count). The van der Waals surface area contributed by atoms with Gasteiger partial charge in [-0.25, -0.2) is 4.79 Å². The van der Waals surface area contributed by atoms with Crippen molar-refractivity contribution in [3.05, 3.63) is 15.3 Å². The highest BCUT2D eigenvalue weighted by atomic mass is 32.1. The van der Waals surface area contributed by atoms with Gasteiger partial charge in [-0.15, -0.1) is 0 Å². The molecule has 0 bridgehead atoms. The van der Waals surface area contributed by atoms with E-state index in [1.54, 1.807) is 0 Å². The lowest BCUT2D eigenvalue weighted by Crippen LogP contribution is -2.43. The van der Waals surface area contributed by atoms with E-state index in [0.29, 0.717) is 4.57 Å². The van der Waals surface area contributed by atoms with Gasteiger partial charge in [-0.3, -0.25) is 9.13 Å². The van der Waals surface area contributed by atoms with E-state index < -0.39 is 60.0 Å². The van der Waals surface area contributed by atoms with E-state index in [4.69, 9.17) is 17.0 Å². The number of ether oxygens (including phenoxy) is 1. The number of methoxy groups -OCH3 is 1. The molecule has 1 aliphatic rings. The molecule has 1 aliphatic carbocycles. The predicted octanol–water partition coefficient (Wildman–Crippen LogP) is 3.40. The monoisotopic (exact) mass is 391 g/mol. The van der Waals surface area contributed by atoms with E-state index in [-0.39, 0.29) is 6.01 Å². The Balaban J connectivity index is 2.52. The molecule has 0 aromatic carbocycles. The first kappa shape index (κ1) is 19.7. The Morgan fingerprint density at radius 2 is 1.56 bits per heavy atom. The first-order valence-corrected chi connectivity index (χ1v) is 7.64. The molecule has 2 atom stereocenters. The molecule has 0 aliphatic heterocycles. The van der Waals surface area contributed by atoms with Gasteiger partial charge >= 0.3 is 24.1 Å². The van der Waals surface area contributed by atoms with E-state index in [2.05, 4.69) is 4.98 Å². The second-order valence-corrected chi connectivity index (χ2v) is 6.30. The highest BCUT2D eigenvalue weighted by molar-refractivity contribution is 7.71. The zero-order chi connectivity index (χ0) is 19.2. The van der Waals surface area contributed by atoms with Gasteiger partial charge in [0.2, 0.25) is 4.77 Å². The zero-order valence-corrected chi connectivity index (χ0v) is 14.0. The van der Waals surface area contributed by atoms with E-state index in [1.165, 1.54) is 14.2 Å². The molecule has 0 spiro atoms. The van der Waals surface area contributed by atoms with E-state index in [1.807, 2.05) is 0 Å². The van der Waals surface area contributed by atoms with Crippen molar-refractivity contribution < 1.29 is 31.1 Å². The van der Waals surface area contributed by atoms with Crippen LogP contribution in [0, 0.1) is 16.6 Å². The fourth-order valence-electron chi connectivity index (χ4n) is 3.07. The minimum Gasteiger partial charge on any atom is -0.468 e. The van der Waals surface area contributed by atoms with Crippen LogP contribution in [-0.2, 0) is 7.05 Å². The molecular weight excluding hydrogens is 376 g/mol. The van der Waals surface area contributed by atoms with Crippen LogP contribution in [0.4, 0.5) is 26.3 Å². The van der Waals surface area contributed by atoms with Crippen molar-refractivity contribution in [2.45, 2.75) is 37.7 Å². The van der Waals surface area contributed by atoms with Crippen LogP contribution in [0.25, 0.3) is 0 Å². The lowest BCUT2D eigenvalue weighted by molar-refractivity contribution is -0.227. The molecular formula is C13H15F6N3O2S. The minimum atomic E-state index is -4.80. The summed E-state index contributed by atoms with van der Waals surface area (Å²) in [6, 6.07) is -1.53. The molecule has 1 aromatic rings. The fraction of sp³-hybridized carbons (Fsp3) is 0.769. The summed E-state index contributed by atoms with van der Waals surface area (Å²) in [6.07, 6.45) is -12.0. The summed E-state index contributed by atoms with van der Waals surface area (Å²) in [4.78, 5) is 16.1. The van der Waals surface area contributed by atoms with Gasteiger partial charge in [0.05, 0.1) is 18.9 Å². The average Bonchev–Trinajstić information content (AvgIpc) is 2.49. The lowest BCUT2D eigenvalue weighted by atomic mass is 9.77. The molecule has 0 N–H and O–H groups in total. The third kappa shape index (κ3) is 3.98. The number of aromatic nitrogens is 3. The summed E-state index contributed by atoms with van der Waals surface area (Å²) in [5, 5.41) is 0. The average molecular weight is 391 g/mol. The fourth-order valence-corrected chi connectivity index (χ4v) is 3.37. The Hall–Kier alpha value is -1.59. The Kier molecular flexibility index (Phi) is 5.22. The third-order valence-electron chi connectivity index (χ3n) is 4.33. The van der Waals surface area contributed by atoms with Crippen LogP contribution in [-0.4, -0.2) is 33.6 Å². The Bertz CT molecular complexity index is 732. The third-order valence-corrected chi connectivity index (χ3v) is 4.62. The van der Waals surface area contributed by atoms with Crippen LogP contribution in [0.2, 0.25) is 0 Å². The van der Waals surface area contributed by atoms with Crippen molar-refractivity contribution in [2.75, 3.05) is 7.11 Å². The smallest absolute Gasteiger partial charge is 0.391 e. The van der Waals surface area contributed by atoms with Gasteiger partial charge in [0.25, 0.3) is 0 Å². The summed E-state index contributed by atoms with van der Waals surface area (Å²) >= 11 is 4.89. The van der Waals surface area contributed by atoms with Crippen LogP contribution in [0.1, 0.15) is 25.3 Å². The largest absolute Gasteiger partial charge is 0.468 e. The van der Waals surface area contributed by atoms with Crippen molar-refractivity contribution in [1.29, 1.82) is 0 Å². The molecule has 5 nitrogen and oxygen atoms in total. The van der Waals surface area contributed by atoms with Gasteiger partial charge in [-0.05, 0) is 31.5 Å². The number of hydrogen-bond donors (Lipinski definition) is 0. The van der Waals surface area contributed by atoms with Gasteiger partial charge in [-0.1, -0.05) is 0 Å². The topological polar surface area (TPSA) is 49.1 Å². The van der Waals surface area contributed by atoms with Crippen LogP contribution in [0.3, 0.4) is 0 Å². The molecule has 12 heteroatoms. The van der Waals surface area contributed by atoms with Gasteiger partial charge in [-0.2, -0.15) is 31.3 Å². The molecule has 0 amide bonds. The standard InChI is InChI=1S/C13H15F6N3O2S/c1-21-9(24-2)20-10(25)22(11(21)23)8-4-6(12(14,15)16)3-7(5-8)13(17,18)19/h6-8H,3-5H2,1-2H3. The quantitative estimate of drug-likeness (QED) is 0.573. The first-order chi connectivity index (χ1) is 11.4. The minimum absolute atomic E-state index is 0.179. The number of alkyl halides is 6. The number of nitrogens with zero attached hydrogens (tertiary/aromatic N) is 3. The summed E-state index contributed by atoms with van der Waals surface area (Å²) in [7, 11) is 2.45. The highest BCUT2D eigenvalue weighted by Crippen LogP contribution is 2.48. The molecule has 25 heavy (non-hydrogen) atoms. The summed E-state index contributed by atoms with van der Waals surface area (Å²) in [6.45, 7) is 0. The second kappa shape index (κ2) is 6.61. The molecule has 1 saturated carbocycles. The lowest BCUT2D eigenvalue weighted by Gasteiger charge is -2.37. The van der Waals surface area contributed by atoms with Gasteiger partial charge < -0.3 is 4.74 Å². The molecule has 2 unspecified atom stereocenters. The van der Waals surface area contributed by atoms with Crippen molar-refractivity contribution >= 4 is 12.2 Å². The highest BCUT2D eigenvalue weighted by Gasteiger charge is 2.52. The Labute approximate surface area is 143 Å². The maximum absolute atomic E-state index is 13.1. The molecule has 142 valence electrons. The molecule has 1 aromatic heterocycles. The molecule has 0 saturated heterocycles. The molecule has 0 radical (unpaired) electrons. The summed E-state index contributed by atoms with van der Waals surface area (Å²) in [5.41, 5.74) is -0.870. The van der Waals surface area contributed by atoms with Crippen LogP contribution in [0.15, 0.2) is 4.79 Å². The van der Waals surface area contributed by atoms with E-state index in [0.717, 1.165) is 4.57 Å². The van der Waals surface area contributed by atoms with E-state index >= 15 is 0 Å². The van der Waals surface area contributed by atoms with Gasteiger partial charge in [0, 0.05) is 13.1 Å². The number of halogens is 6. The normalized spacial score (nSPS) is 25.0. The maximum Gasteiger partial charge on any atom is 0.391 e. The van der Waals surface area contributed by atoms with Gasteiger partial charge in [0.15, 0.2) is 0 Å². The van der Waals surface area contributed by atoms with Crippen molar-refractivity contribution in [1.82, 2.24) is 14.1 Å². The Morgan fingerprint density at radius 3 is 1.96 bits per heavy atom. The van der Waals surface area contributed by atoms with Crippen molar-refractivity contribution in [2.24, 2.45) is 18.9 Å². The van der Waals surface area contributed by atoms with Gasteiger partial charge in [0.1, 0.15) is 0 Å². The van der Waals surface area contributed by atoms with Crippen molar-refractivity contribution in [3.63, 3.8) is 0 Å². The maximum atomic E-state index is 13.1. The van der Waals surface area contributed by atoms with Crippen molar-refractivity contribution in [3.8, 4) is 6.01 Å². The Morgan fingerprint density at radius 1 is 1.08 bits per heavy atom. The number of hydrogen-bond acceptors (Lipinski definition) is 4. The summed E-state index contributed by atoms with van der Waals surface area (Å²) < 4.78 is 84.4. The molecule has 1 fully saturated rings. The van der Waals surface area contributed by atoms with Crippen LogP contribution >= 0.6 is 12.2 Å². The van der Waals surface area contributed by atoms with Crippen LogP contribution < -0.4 is 10.4 Å². The predicted molar refractivity (Wildman–Crippen MR) is 76.8 cm³/mol. The second-order valence-electron chi connectivity index (χ2n) is 5.93. The molecule has 1 heterocycles.